The average molecular weight is 280 g/mol. The molecule has 0 aliphatic heterocycles. The van der Waals surface area contributed by atoms with E-state index in [1.165, 1.54) is 6.07 Å². The van der Waals surface area contributed by atoms with Crippen LogP contribution in [0, 0.1) is 5.82 Å². The van der Waals surface area contributed by atoms with Gasteiger partial charge in [0.1, 0.15) is 0 Å². The van der Waals surface area contributed by atoms with Crippen LogP contribution in [0.15, 0.2) is 18.2 Å². The maximum absolute atomic E-state index is 13.8. The molecule has 1 aliphatic carbocycles. The molecule has 20 heavy (non-hydrogen) atoms. The normalized spacial score (nSPS) is 14.2. The largest absolute Gasteiger partial charge is 0.480 e. The zero-order valence-electron chi connectivity index (χ0n) is 12.0. The number of benzene rings is 1. The number of rotatable bonds is 7. The summed E-state index contributed by atoms with van der Waals surface area (Å²) >= 11 is 0. The molecule has 0 saturated heterocycles. The monoisotopic (exact) mass is 280 g/mol. The molecule has 4 nitrogen and oxygen atoms in total. The van der Waals surface area contributed by atoms with Crippen molar-refractivity contribution in [2.45, 2.75) is 32.4 Å². The van der Waals surface area contributed by atoms with Crippen LogP contribution in [0.25, 0.3) is 0 Å². The van der Waals surface area contributed by atoms with Crippen molar-refractivity contribution in [3.63, 3.8) is 0 Å². The van der Waals surface area contributed by atoms with E-state index in [-0.39, 0.29) is 18.3 Å². The van der Waals surface area contributed by atoms with Crippen molar-refractivity contribution < 1.29 is 13.9 Å². The molecule has 0 aromatic heterocycles. The van der Waals surface area contributed by atoms with E-state index < -0.39 is 5.82 Å². The Morgan fingerprint density at radius 2 is 2.25 bits per heavy atom. The SMILES string of the molecule is CCNCc1cccc(F)c1OCC(=O)N(C)C1CC1. The smallest absolute Gasteiger partial charge is 0.260 e. The number of amides is 1. The number of ether oxygens (including phenoxy) is 1. The number of carbonyl (C=O) groups excluding carboxylic acids is 1. The quantitative estimate of drug-likeness (QED) is 0.830. The Hall–Kier alpha value is -1.62. The van der Waals surface area contributed by atoms with Gasteiger partial charge in [0.05, 0.1) is 0 Å². The summed E-state index contributed by atoms with van der Waals surface area (Å²) in [5.74, 6) is -0.363. The molecule has 5 heteroatoms. The van der Waals surface area contributed by atoms with Crippen LogP contribution in [-0.2, 0) is 11.3 Å². The van der Waals surface area contributed by atoms with Crippen molar-refractivity contribution in [2.24, 2.45) is 0 Å². The van der Waals surface area contributed by atoms with Crippen LogP contribution in [0.1, 0.15) is 25.3 Å². The van der Waals surface area contributed by atoms with Gasteiger partial charge in [-0.05, 0) is 25.5 Å². The fourth-order valence-electron chi connectivity index (χ4n) is 2.02. The molecule has 1 aliphatic rings. The summed E-state index contributed by atoms with van der Waals surface area (Å²) in [6.07, 6.45) is 2.10. The Morgan fingerprint density at radius 3 is 2.90 bits per heavy atom. The van der Waals surface area contributed by atoms with Gasteiger partial charge in [-0.25, -0.2) is 4.39 Å². The lowest BCUT2D eigenvalue weighted by Crippen LogP contribution is -2.33. The molecule has 2 rings (SSSR count). The Kier molecular flexibility index (Phi) is 4.95. The molecule has 110 valence electrons. The second-order valence-corrected chi connectivity index (χ2v) is 5.03. The van der Waals surface area contributed by atoms with Gasteiger partial charge in [-0.3, -0.25) is 4.79 Å². The standard InChI is InChI=1S/C15H21FN2O2/c1-3-17-9-11-5-4-6-13(16)15(11)20-10-14(19)18(2)12-7-8-12/h4-6,12,17H,3,7-10H2,1-2H3. The number of carbonyl (C=O) groups is 1. The average Bonchev–Trinajstić information content (AvgIpc) is 3.27. The molecule has 0 radical (unpaired) electrons. The summed E-state index contributed by atoms with van der Waals surface area (Å²) in [6.45, 7) is 3.18. The summed E-state index contributed by atoms with van der Waals surface area (Å²) in [5.41, 5.74) is 0.730. The zero-order chi connectivity index (χ0) is 14.5. The second kappa shape index (κ2) is 6.70. The first kappa shape index (κ1) is 14.8. The van der Waals surface area contributed by atoms with Crippen molar-refractivity contribution in [3.8, 4) is 5.75 Å². The predicted molar refractivity (Wildman–Crippen MR) is 75.1 cm³/mol. The van der Waals surface area contributed by atoms with E-state index >= 15 is 0 Å². The van der Waals surface area contributed by atoms with E-state index in [9.17, 15) is 9.18 Å². The molecule has 1 saturated carbocycles. The molecule has 1 amide bonds. The minimum Gasteiger partial charge on any atom is -0.480 e. The van der Waals surface area contributed by atoms with Crippen molar-refractivity contribution in [1.29, 1.82) is 0 Å². The molecule has 1 N–H and O–H groups in total. The van der Waals surface area contributed by atoms with Crippen LogP contribution >= 0.6 is 0 Å². The molecule has 0 spiro atoms. The van der Waals surface area contributed by atoms with Crippen molar-refractivity contribution >= 4 is 5.91 Å². The minimum atomic E-state index is -0.428. The molecular formula is C15H21FN2O2. The highest BCUT2D eigenvalue weighted by Crippen LogP contribution is 2.26. The zero-order valence-corrected chi connectivity index (χ0v) is 12.0. The molecule has 0 heterocycles. The highest BCUT2D eigenvalue weighted by atomic mass is 19.1. The van der Waals surface area contributed by atoms with Gasteiger partial charge in [-0.2, -0.15) is 0 Å². The predicted octanol–water partition coefficient (Wildman–Crippen LogP) is 1.93. The van der Waals surface area contributed by atoms with Crippen LogP contribution in [0.4, 0.5) is 4.39 Å². The van der Waals surface area contributed by atoms with Gasteiger partial charge >= 0.3 is 0 Å². The Balaban J connectivity index is 1.98. The molecule has 0 atom stereocenters. The van der Waals surface area contributed by atoms with Gasteiger partial charge < -0.3 is 15.0 Å². The van der Waals surface area contributed by atoms with Gasteiger partial charge in [0.25, 0.3) is 5.91 Å². The van der Waals surface area contributed by atoms with Gasteiger partial charge in [-0.1, -0.05) is 19.1 Å². The van der Waals surface area contributed by atoms with Crippen LogP contribution < -0.4 is 10.1 Å². The first-order chi connectivity index (χ1) is 9.63. The van der Waals surface area contributed by atoms with E-state index in [4.69, 9.17) is 4.74 Å². The molecule has 1 fully saturated rings. The van der Waals surface area contributed by atoms with Crippen molar-refractivity contribution in [2.75, 3.05) is 20.2 Å². The Labute approximate surface area is 118 Å². The van der Waals surface area contributed by atoms with Crippen LogP contribution in [-0.4, -0.2) is 37.0 Å². The molecule has 1 aromatic carbocycles. The maximum atomic E-state index is 13.8. The summed E-state index contributed by atoms with van der Waals surface area (Å²) in [5, 5.41) is 3.13. The van der Waals surface area contributed by atoms with E-state index in [0.717, 1.165) is 24.9 Å². The van der Waals surface area contributed by atoms with E-state index in [2.05, 4.69) is 5.32 Å². The highest BCUT2D eigenvalue weighted by molar-refractivity contribution is 5.78. The summed E-state index contributed by atoms with van der Waals surface area (Å²) in [6, 6.07) is 5.14. The third-order valence-electron chi connectivity index (χ3n) is 3.44. The van der Waals surface area contributed by atoms with E-state index in [1.54, 1.807) is 24.1 Å². The Morgan fingerprint density at radius 1 is 1.50 bits per heavy atom. The number of nitrogens with zero attached hydrogens (tertiary/aromatic N) is 1. The van der Waals surface area contributed by atoms with Gasteiger partial charge in [-0.15, -0.1) is 0 Å². The molecule has 0 bridgehead atoms. The molecular weight excluding hydrogens is 259 g/mol. The summed E-state index contributed by atoms with van der Waals surface area (Å²) in [4.78, 5) is 13.6. The summed E-state index contributed by atoms with van der Waals surface area (Å²) in [7, 11) is 1.77. The van der Waals surface area contributed by atoms with Crippen LogP contribution in [0.2, 0.25) is 0 Å². The lowest BCUT2D eigenvalue weighted by Gasteiger charge is -2.18. The molecule has 0 unspecified atom stereocenters. The first-order valence-electron chi connectivity index (χ1n) is 7.00. The summed E-state index contributed by atoms with van der Waals surface area (Å²) < 4.78 is 19.2. The lowest BCUT2D eigenvalue weighted by molar-refractivity contribution is -0.132. The third-order valence-corrected chi connectivity index (χ3v) is 3.44. The van der Waals surface area contributed by atoms with Crippen LogP contribution in [0.5, 0.6) is 5.75 Å². The van der Waals surface area contributed by atoms with E-state index in [0.29, 0.717) is 12.6 Å². The van der Waals surface area contributed by atoms with Crippen molar-refractivity contribution in [1.82, 2.24) is 10.2 Å². The van der Waals surface area contributed by atoms with Crippen molar-refractivity contribution in [3.05, 3.63) is 29.6 Å². The van der Waals surface area contributed by atoms with Gasteiger partial charge in [0.2, 0.25) is 0 Å². The molecule has 1 aromatic rings. The fourth-order valence-corrected chi connectivity index (χ4v) is 2.02. The maximum Gasteiger partial charge on any atom is 0.260 e. The first-order valence-corrected chi connectivity index (χ1v) is 7.00. The van der Waals surface area contributed by atoms with Gasteiger partial charge in [0, 0.05) is 25.2 Å². The Bertz CT molecular complexity index is 475. The van der Waals surface area contributed by atoms with E-state index in [1.807, 2.05) is 6.92 Å². The second-order valence-electron chi connectivity index (χ2n) is 5.03. The highest BCUT2D eigenvalue weighted by Gasteiger charge is 2.29. The topological polar surface area (TPSA) is 41.6 Å². The fraction of sp³-hybridized carbons (Fsp3) is 0.533. The number of halogens is 1. The lowest BCUT2D eigenvalue weighted by atomic mass is 10.2. The van der Waals surface area contributed by atoms with Crippen LogP contribution in [0.3, 0.4) is 0 Å². The number of hydrogen-bond donors (Lipinski definition) is 1. The number of para-hydroxylation sites is 1. The number of likely N-dealkylation sites (N-methyl/N-ethyl adjacent to an activating group) is 1. The third kappa shape index (κ3) is 3.70. The van der Waals surface area contributed by atoms with Gasteiger partial charge in [0.15, 0.2) is 18.2 Å². The number of hydrogen-bond acceptors (Lipinski definition) is 3. The number of nitrogens with one attached hydrogen (secondary N) is 1. The minimum absolute atomic E-state index is 0.106.